The van der Waals surface area contributed by atoms with Crippen molar-refractivity contribution in [3.05, 3.63) is 0 Å². The fraction of sp³-hybridized carbons (Fsp3) is 0.800. The van der Waals surface area contributed by atoms with E-state index in [9.17, 15) is 9.59 Å². The molecule has 0 spiro atoms. The largest absolute Gasteiger partial charge is 0.480 e. The maximum Gasteiger partial charge on any atom is 0.326 e. The number of urea groups is 1. The maximum atomic E-state index is 11.7. The van der Waals surface area contributed by atoms with Crippen molar-refractivity contribution in [1.82, 2.24) is 15.5 Å². The average Bonchev–Trinajstić information content (AvgIpc) is 2.73. The van der Waals surface area contributed by atoms with Crippen molar-refractivity contribution in [3.63, 3.8) is 0 Å². The van der Waals surface area contributed by atoms with Crippen LogP contribution in [0.2, 0.25) is 0 Å². The molecule has 1 fully saturated rings. The van der Waals surface area contributed by atoms with Crippen LogP contribution in [0.5, 0.6) is 0 Å². The second-order valence-corrected chi connectivity index (χ2v) is 3.88. The summed E-state index contributed by atoms with van der Waals surface area (Å²) in [6, 6.07) is -0.912. The van der Waals surface area contributed by atoms with E-state index in [2.05, 4.69) is 10.6 Å². The molecular weight excluding hydrogens is 210 g/mol. The topological polar surface area (TPSA) is 81.7 Å². The van der Waals surface area contributed by atoms with Gasteiger partial charge >= 0.3 is 12.0 Å². The number of carboxylic acids is 1. The smallest absolute Gasteiger partial charge is 0.326 e. The highest BCUT2D eigenvalue weighted by atomic mass is 16.4. The number of amides is 2. The zero-order chi connectivity index (χ0) is 12.0. The molecule has 16 heavy (non-hydrogen) atoms. The fourth-order valence-corrected chi connectivity index (χ4v) is 1.83. The van der Waals surface area contributed by atoms with E-state index in [4.69, 9.17) is 5.11 Å². The van der Waals surface area contributed by atoms with E-state index in [-0.39, 0.29) is 6.03 Å². The Labute approximate surface area is 95.0 Å². The molecule has 0 bridgehead atoms. The first-order chi connectivity index (χ1) is 7.66. The van der Waals surface area contributed by atoms with Crippen molar-refractivity contribution < 1.29 is 14.7 Å². The summed E-state index contributed by atoms with van der Waals surface area (Å²) >= 11 is 0. The lowest BCUT2D eigenvalue weighted by Gasteiger charge is -2.21. The van der Waals surface area contributed by atoms with Gasteiger partial charge in [0.25, 0.3) is 0 Å². The van der Waals surface area contributed by atoms with Crippen LogP contribution in [0.3, 0.4) is 0 Å². The second kappa shape index (κ2) is 6.32. The van der Waals surface area contributed by atoms with Crippen LogP contribution in [0.25, 0.3) is 0 Å². The van der Waals surface area contributed by atoms with Crippen molar-refractivity contribution in [2.24, 2.45) is 0 Å². The first kappa shape index (κ1) is 12.8. The molecule has 0 aromatic rings. The third-order valence-corrected chi connectivity index (χ3v) is 2.68. The molecule has 3 N–H and O–H groups in total. The normalized spacial score (nSPS) is 19.8. The summed E-state index contributed by atoms with van der Waals surface area (Å²) in [5, 5.41) is 14.6. The Morgan fingerprint density at radius 2 is 2.19 bits per heavy atom. The van der Waals surface area contributed by atoms with Gasteiger partial charge in [-0.3, -0.25) is 0 Å². The molecule has 0 aromatic carbocycles. The molecule has 0 aromatic heterocycles. The van der Waals surface area contributed by atoms with Crippen LogP contribution in [0.15, 0.2) is 0 Å². The van der Waals surface area contributed by atoms with E-state index in [1.165, 1.54) is 4.90 Å². The van der Waals surface area contributed by atoms with Gasteiger partial charge in [-0.2, -0.15) is 0 Å². The first-order valence-electron chi connectivity index (χ1n) is 5.58. The van der Waals surface area contributed by atoms with Gasteiger partial charge in [-0.15, -0.1) is 0 Å². The molecule has 0 unspecified atom stereocenters. The number of rotatable bonds is 5. The summed E-state index contributed by atoms with van der Waals surface area (Å²) in [5.41, 5.74) is 0. The van der Waals surface area contributed by atoms with Crippen molar-refractivity contribution in [3.8, 4) is 0 Å². The summed E-state index contributed by atoms with van der Waals surface area (Å²) in [6.45, 7) is 1.94. The van der Waals surface area contributed by atoms with Gasteiger partial charge in [0.15, 0.2) is 0 Å². The van der Waals surface area contributed by atoms with E-state index in [1.807, 2.05) is 7.05 Å². The zero-order valence-corrected chi connectivity index (χ0v) is 9.53. The third kappa shape index (κ3) is 3.37. The Bertz CT molecular complexity index is 258. The first-order valence-corrected chi connectivity index (χ1v) is 5.58. The Morgan fingerprint density at radius 3 is 2.81 bits per heavy atom. The van der Waals surface area contributed by atoms with Gasteiger partial charge in [0.05, 0.1) is 0 Å². The van der Waals surface area contributed by atoms with Crippen molar-refractivity contribution in [2.45, 2.75) is 25.3 Å². The molecule has 92 valence electrons. The molecule has 1 aliphatic heterocycles. The molecule has 1 atom stereocenters. The van der Waals surface area contributed by atoms with Crippen LogP contribution < -0.4 is 10.6 Å². The van der Waals surface area contributed by atoms with Crippen molar-refractivity contribution >= 4 is 12.0 Å². The van der Waals surface area contributed by atoms with Crippen LogP contribution in [-0.4, -0.2) is 54.7 Å². The maximum absolute atomic E-state index is 11.7. The zero-order valence-electron chi connectivity index (χ0n) is 9.53. The van der Waals surface area contributed by atoms with Crippen LogP contribution in [0.4, 0.5) is 4.79 Å². The molecule has 0 saturated carbocycles. The van der Waals surface area contributed by atoms with Crippen molar-refractivity contribution in [1.29, 1.82) is 0 Å². The molecule has 1 rings (SSSR count). The van der Waals surface area contributed by atoms with Gasteiger partial charge in [-0.25, -0.2) is 9.59 Å². The summed E-state index contributed by atoms with van der Waals surface area (Å²) < 4.78 is 0. The summed E-state index contributed by atoms with van der Waals surface area (Å²) in [7, 11) is 1.85. The number of nitrogens with one attached hydrogen (secondary N) is 2. The van der Waals surface area contributed by atoms with E-state index < -0.39 is 12.0 Å². The standard InChI is InChI=1S/C10H19N3O3/c1-11-5-3-6-12-10(16)13-7-2-4-8(13)9(14)15/h8,11H,2-7H2,1H3,(H,12,16)(H,14,15)/t8-/m0/s1. The molecular formula is C10H19N3O3. The van der Waals surface area contributed by atoms with Gasteiger partial charge < -0.3 is 20.6 Å². The lowest BCUT2D eigenvalue weighted by atomic mass is 10.2. The van der Waals surface area contributed by atoms with Gasteiger partial charge in [0.2, 0.25) is 0 Å². The van der Waals surface area contributed by atoms with E-state index in [1.54, 1.807) is 0 Å². The molecule has 0 radical (unpaired) electrons. The SMILES string of the molecule is CNCCCNC(=O)N1CCC[C@H]1C(=O)O. The molecule has 2 amide bonds. The molecule has 6 nitrogen and oxygen atoms in total. The molecule has 1 saturated heterocycles. The number of carbonyl (C=O) groups is 2. The van der Waals surface area contributed by atoms with Gasteiger partial charge in [0, 0.05) is 13.1 Å². The third-order valence-electron chi connectivity index (χ3n) is 2.68. The highest BCUT2D eigenvalue weighted by Crippen LogP contribution is 2.16. The minimum atomic E-state index is -0.914. The van der Waals surface area contributed by atoms with E-state index in [0.717, 1.165) is 19.4 Å². The predicted octanol–water partition coefficient (Wildman–Crippen LogP) is -0.145. The summed E-state index contributed by atoms with van der Waals surface area (Å²) in [4.78, 5) is 23.9. The van der Waals surface area contributed by atoms with E-state index in [0.29, 0.717) is 19.5 Å². The number of carbonyl (C=O) groups excluding carboxylic acids is 1. The highest BCUT2D eigenvalue weighted by Gasteiger charge is 2.33. The monoisotopic (exact) mass is 229 g/mol. The van der Waals surface area contributed by atoms with E-state index >= 15 is 0 Å². The molecule has 1 aliphatic rings. The highest BCUT2D eigenvalue weighted by molar-refractivity contribution is 5.83. The lowest BCUT2D eigenvalue weighted by molar-refractivity contribution is -0.141. The Balaban J connectivity index is 2.32. The lowest BCUT2D eigenvalue weighted by Crippen LogP contribution is -2.46. The quantitative estimate of drug-likeness (QED) is 0.573. The predicted molar refractivity (Wildman–Crippen MR) is 59.3 cm³/mol. The molecule has 6 heteroatoms. The summed E-state index contributed by atoms with van der Waals surface area (Å²) in [5.74, 6) is -0.914. The number of hydrogen-bond donors (Lipinski definition) is 3. The van der Waals surface area contributed by atoms with Gasteiger partial charge in [-0.05, 0) is 32.9 Å². The van der Waals surface area contributed by atoms with Crippen LogP contribution >= 0.6 is 0 Å². The molecule has 0 aliphatic carbocycles. The molecule has 1 heterocycles. The summed E-state index contributed by atoms with van der Waals surface area (Å²) in [6.07, 6.45) is 2.16. The Kier molecular flexibility index (Phi) is 5.04. The number of likely N-dealkylation sites (tertiary alicyclic amines) is 1. The average molecular weight is 229 g/mol. The van der Waals surface area contributed by atoms with Crippen LogP contribution in [0.1, 0.15) is 19.3 Å². The Morgan fingerprint density at radius 1 is 1.44 bits per heavy atom. The minimum Gasteiger partial charge on any atom is -0.480 e. The van der Waals surface area contributed by atoms with Crippen molar-refractivity contribution in [2.75, 3.05) is 26.7 Å². The number of aliphatic carboxylic acids is 1. The minimum absolute atomic E-state index is 0.263. The van der Waals surface area contributed by atoms with Gasteiger partial charge in [-0.1, -0.05) is 0 Å². The van der Waals surface area contributed by atoms with Gasteiger partial charge in [0.1, 0.15) is 6.04 Å². The number of nitrogens with zero attached hydrogens (tertiary/aromatic N) is 1. The fourth-order valence-electron chi connectivity index (χ4n) is 1.83. The van der Waals surface area contributed by atoms with Crippen LogP contribution in [0, 0.1) is 0 Å². The second-order valence-electron chi connectivity index (χ2n) is 3.88. The number of hydrogen-bond acceptors (Lipinski definition) is 3. The van der Waals surface area contributed by atoms with Crippen LogP contribution in [-0.2, 0) is 4.79 Å². The Hall–Kier alpha value is -1.30. The number of carboxylic acid groups (broad SMARTS) is 1.